The Bertz CT molecular complexity index is 151. The van der Waals surface area contributed by atoms with Crippen LogP contribution in [0.1, 0.15) is 33.1 Å². The van der Waals surface area contributed by atoms with E-state index in [9.17, 15) is 0 Å². The Labute approximate surface area is 86.4 Å². The van der Waals surface area contributed by atoms with Crippen LogP contribution in [0.15, 0.2) is 0 Å². The van der Waals surface area contributed by atoms with Crippen molar-refractivity contribution in [3.05, 3.63) is 0 Å². The molecular formula is C8H18Cl2N2. The van der Waals surface area contributed by atoms with Crippen LogP contribution in [-0.4, -0.2) is 5.54 Å². The Kier molecular flexibility index (Phi) is 3.47. The summed E-state index contributed by atoms with van der Waals surface area (Å²) < 4.78 is 0. The molecule has 3 N–H and O–H groups in total. The summed E-state index contributed by atoms with van der Waals surface area (Å²) in [4.78, 5) is 0. The fourth-order valence-corrected chi connectivity index (χ4v) is 2.63. The highest BCUT2D eigenvalue weighted by Crippen LogP contribution is 2.70. The monoisotopic (exact) mass is 212 g/mol. The number of halogens is 2. The van der Waals surface area contributed by atoms with Gasteiger partial charge in [0.25, 0.3) is 0 Å². The van der Waals surface area contributed by atoms with Crippen molar-refractivity contribution in [2.45, 2.75) is 38.6 Å². The van der Waals surface area contributed by atoms with E-state index in [1.807, 2.05) is 0 Å². The van der Waals surface area contributed by atoms with Crippen LogP contribution in [0.3, 0.4) is 0 Å². The number of hydrogen-bond donors (Lipinski definition) is 2. The van der Waals surface area contributed by atoms with E-state index in [1.54, 1.807) is 0 Å². The molecule has 0 aromatic rings. The molecule has 0 aromatic heterocycles. The molecule has 0 atom stereocenters. The highest BCUT2D eigenvalue weighted by atomic mass is 35.5. The number of nitrogens with two attached hydrogens (primary N) is 1. The van der Waals surface area contributed by atoms with E-state index >= 15 is 0 Å². The van der Waals surface area contributed by atoms with Gasteiger partial charge in [-0.3, -0.25) is 11.3 Å². The maximum Gasteiger partial charge on any atom is 0.0337 e. The Morgan fingerprint density at radius 2 is 1.58 bits per heavy atom. The van der Waals surface area contributed by atoms with E-state index in [2.05, 4.69) is 19.3 Å². The van der Waals surface area contributed by atoms with Crippen molar-refractivity contribution >= 4 is 24.8 Å². The molecule has 0 aromatic carbocycles. The predicted octanol–water partition coefficient (Wildman–Crippen LogP) is 1.87. The molecule has 2 bridgehead atoms. The van der Waals surface area contributed by atoms with Gasteiger partial charge in [0.2, 0.25) is 0 Å². The summed E-state index contributed by atoms with van der Waals surface area (Å²) in [5, 5.41) is 0. The van der Waals surface area contributed by atoms with Gasteiger partial charge >= 0.3 is 0 Å². The summed E-state index contributed by atoms with van der Waals surface area (Å²) in [5.74, 6) is 6.26. The lowest BCUT2D eigenvalue weighted by Crippen LogP contribution is -2.76. The van der Waals surface area contributed by atoms with E-state index in [0.717, 1.165) is 5.92 Å². The molecule has 3 rings (SSSR count). The summed E-state index contributed by atoms with van der Waals surface area (Å²) in [6, 6.07) is 0. The SMILES string of the molecule is CC(C)C12CC(NN)(C1)C2.Cl.Cl. The van der Waals surface area contributed by atoms with Gasteiger partial charge < -0.3 is 0 Å². The quantitative estimate of drug-likeness (QED) is 0.542. The third-order valence-corrected chi connectivity index (χ3v) is 3.60. The van der Waals surface area contributed by atoms with Gasteiger partial charge in [-0.15, -0.1) is 24.8 Å². The van der Waals surface area contributed by atoms with Gasteiger partial charge in [-0.05, 0) is 30.6 Å². The standard InChI is InChI=1S/C8H16N2.2ClH/c1-6(2)7-3-8(4-7,5-7)10-9;;/h6,10H,3-5,9H2,1-2H3;2*1H. The third kappa shape index (κ3) is 1.25. The molecule has 3 aliphatic carbocycles. The molecule has 0 heterocycles. The second-order valence-corrected chi connectivity index (χ2v) is 4.47. The van der Waals surface area contributed by atoms with Crippen molar-refractivity contribution < 1.29 is 0 Å². The van der Waals surface area contributed by atoms with Gasteiger partial charge in [0.1, 0.15) is 0 Å². The summed E-state index contributed by atoms with van der Waals surface area (Å²) >= 11 is 0. The fraction of sp³-hybridized carbons (Fsp3) is 1.00. The highest BCUT2D eigenvalue weighted by Gasteiger charge is 2.68. The molecule has 12 heavy (non-hydrogen) atoms. The minimum absolute atomic E-state index is 0. The van der Waals surface area contributed by atoms with Crippen LogP contribution in [-0.2, 0) is 0 Å². The third-order valence-electron chi connectivity index (χ3n) is 3.60. The number of hydrazine groups is 1. The summed E-state index contributed by atoms with van der Waals surface area (Å²) in [7, 11) is 0. The van der Waals surface area contributed by atoms with Crippen LogP contribution in [0.25, 0.3) is 0 Å². The van der Waals surface area contributed by atoms with E-state index in [0.29, 0.717) is 11.0 Å². The van der Waals surface area contributed by atoms with Crippen LogP contribution >= 0.6 is 24.8 Å². The topological polar surface area (TPSA) is 38.0 Å². The van der Waals surface area contributed by atoms with Crippen LogP contribution < -0.4 is 11.3 Å². The van der Waals surface area contributed by atoms with Crippen molar-refractivity contribution in [2.24, 2.45) is 17.2 Å². The molecule has 0 saturated heterocycles. The number of nitrogens with one attached hydrogen (secondary N) is 1. The van der Waals surface area contributed by atoms with Crippen LogP contribution in [0.5, 0.6) is 0 Å². The normalized spacial score (nSPS) is 42.0. The first-order valence-electron chi connectivity index (χ1n) is 4.10. The zero-order chi connectivity index (χ0) is 7.41. The lowest BCUT2D eigenvalue weighted by atomic mass is 9.36. The zero-order valence-corrected chi connectivity index (χ0v) is 9.23. The zero-order valence-electron chi connectivity index (χ0n) is 7.59. The number of rotatable bonds is 2. The Balaban J connectivity index is 0.000000605. The molecule has 0 aliphatic heterocycles. The predicted molar refractivity (Wildman–Crippen MR) is 55.7 cm³/mol. The summed E-state index contributed by atoms with van der Waals surface area (Å²) in [6.07, 6.45) is 3.94. The molecule has 0 amide bonds. The van der Waals surface area contributed by atoms with Crippen LogP contribution in [0.2, 0.25) is 0 Å². The minimum atomic E-state index is 0. The lowest BCUT2D eigenvalue weighted by Gasteiger charge is -2.72. The number of hydrogen-bond acceptors (Lipinski definition) is 2. The molecule has 3 fully saturated rings. The second kappa shape index (κ2) is 3.33. The summed E-state index contributed by atoms with van der Waals surface area (Å²) in [6.45, 7) is 4.64. The molecule has 4 heteroatoms. The molecule has 0 spiro atoms. The first-order valence-corrected chi connectivity index (χ1v) is 4.10. The van der Waals surface area contributed by atoms with Crippen molar-refractivity contribution in [1.82, 2.24) is 5.43 Å². The largest absolute Gasteiger partial charge is 0.271 e. The maximum atomic E-state index is 5.42. The first kappa shape index (κ1) is 12.5. The average Bonchev–Trinajstić information content (AvgIpc) is 1.57. The van der Waals surface area contributed by atoms with Crippen molar-refractivity contribution in [2.75, 3.05) is 0 Å². The second-order valence-electron chi connectivity index (χ2n) is 4.47. The van der Waals surface area contributed by atoms with Gasteiger partial charge in [-0.2, -0.15) is 0 Å². The Hall–Kier alpha value is 0.500. The van der Waals surface area contributed by atoms with Gasteiger partial charge in [0, 0.05) is 5.54 Å². The van der Waals surface area contributed by atoms with Gasteiger partial charge in [-0.25, -0.2) is 0 Å². The smallest absolute Gasteiger partial charge is 0.0337 e. The average molecular weight is 213 g/mol. The van der Waals surface area contributed by atoms with Gasteiger partial charge in [0.15, 0.2) is 0 Å². The molecule has 0 unspecified atom stereocenters. The van der Waals surface area contributed by atoms with Gasteiger partial charge in [0.05, 0.1) is 0 Å². The highest BCUT2D eigenvalue weighted by molar-refractivity contribution is 5.85. The Morgan fingerprint density at radius 3 is 1.83 bits per heavy atom. The molecule has 0 radical (unpaired) electrons. The fourth-order valence-electron chi connectivity index (χ4n) is 2.63. The first-order chi connectivity index (χ1) is 4.63. The van der Waals surface area contributed by atoms with Crippen molar-refractivity contribution in [3.63, 3.8) is 0 Å². The summed E-state index contributed by atoms with van der Waals surface area (Å²) in [5.41, 5.74) is 3.99. The van der Waals surface area contributed by atoms with E-state index in [1.165, 1.54) is 19.3 Å². The van der Waals surface area contributed by atoms with Crippen molar-refractivity contribution in [3.8, 4) is 0 Å². The molecular weight excluding hydrogens is 195 g/mol. The van der Waals surface area contributed by atoms with E-state index in [-0.39, 0.29) is 24.8 Å². The maximum absolute atomic E-state index is 5.42. The minimum Gasteiger partial charge on any atom is -0.271 e. The van der Waals surface area contributed by atoms with Gasteiger partial charge in [-0.1, -0.05) is 13.8 Å². The van der Waals surface area contributed by atoms with E-state index < -0.39 is 0 Å². The Morgan fingerprint density at radius 1 is 1.17 bits per heavy atom. The van der Waals surface area contributed by atoms with Crippen molar-refractivity contribution in [1.29, 1.82) is 0 Å². The van der Waals surface area contributed by atoms with Crippen LogP contribution in [0.4, 0.5) is 0 Å². The molecule has 2 nitrogen and oxygen atoms in total. The van der Waals surface area contributed by atoms with E-state index in [4.69, 9.17) is 5.84 Å². The van der Waals surface area contributed by atoms with Crippen LogP contribution in [0, 0.1) is 11.3 Å². The molecule has 3 saturated carbocycles. The molecule has 74 valence electrons. The lowest BCUT2D eigenvalue weighted by molar-refractivity contribution is -0.183. The molecule has 3 aliphatic rings.